The van der Waals surface area contributed by atoms with Gasteiger partial charge in [-0.2, -0.15) is 4.98 Å². The molecule has 0 spiro atoms. The van der Waals surface area contributed by atoms with Crippen LogP contribution < -0.4 is 15.4 Å². The lowest BCUT2D eigenvalue weighted by atomic mass is 9.87. The molecule has 15 heteroatoms. The van der Waals surface area contributed by atoms with Crippen molar-refractivity contribution in [1.82, 2.24) is 25.7 Å². The van der Waals surface area contributed by atoms with Crippen LogP contribution in [-0.2, 0) is 34.1 Å². The number of amides is 3. The normalized spacial score (nSPS) is 22.3. The van der Waals surface area contributed by atoms with E-state index in [1.54, 1.807) is 30.0 Å². The Morgan fingerprint density at radius 2 is 2.00 bits per heavy atom. The van der Waals surface area contributed by atoms with E-state index in [2.05, 4.69) is 25.5 Å². The van der Waals surface area contributed by atoms with Gasteiger partial charge in [-0.3, -0.25) is 4.79 Å². The maximum Gasteiger partial charge on any atom is 0.573 e. The Morgan fingerprint density at radius 1 is 1.18 bits per heavy atom. The molecule has 234 valence electrons. The van der Waals surface area contributed by atoms with Crippen molar-refractivity contribution in [3.05, 3.63) is 64.8 Å². The maximum absolute atomic E-state index is 13.2. The van der Waals surface area contributed by atoms with Gasteiger partial charge in [0.1, 0.15) is 5.75 Å². The van der Waals surface area contributed by atoms with Gasteiger partial charge >= 0.3 is 12.4 Å². The van der Waals surface area contributed by atoms with Gasteiger partial charge in [0.05, 0.1) is 23.3 Å². The third kappa shape index (κ3) is 6.66. The van der Waals surface area contributed by atoms with Crippen molar-refractivity contribution in [2.45, 2.75) is 57.6 Å². The Bertz CT molecular complexity index is 1710. The minimum absolute atomic E-state index is 0.0268. The summed E-state index contributed by atoms with van der Waals surface area (Å²) in [5.41, 5.74) is 3.58. The molecule has 1 unspecified atom stereocenters. The molecule has 2 N–H and O–H groups in total. The highest BCUT2D eigenvalue weighted by Crippen LogP contribution is 2.47. The number of halogens is 3. The summed E-state index contributed by atoms with van der Waals surface area (Å²) in [6, 6.07) is 8.44. The third-order valence-electron chi connectivity index (χ3n) is 8.18. The Kier molecular flexibility index (Phi) is 7.76. The predicted octanol–water partition coefficient (Wildman–Crippen LogP) is 3.62. The average molecular weight is 634 g/mol. The summed E-state index contributed by atoms with van der Waals surface area (Å²) in [4.78, 5) is 31.9. The first-order chi connectivity index (χ1) is 20.8. The molecule has 3 amide bonds. The Morgan fingerprint density at radius 3 is 2.70 bits per heavy atom. The molecule has 3 aliphatic rings. The summed E-state index contributed by atoms with van der Waals surface area (Å²) < 4.78 is 71.8. The second kappa shape index (κ2) is 11.4. The number of alkyl halides is 3. The molecule has 6 rings (SSSR count). The Hall–Kier alpha value is -4.14. The van der Waals surface area contributed by atoms with Crippen LogP contribution in [-0.4, -0.2) is 65.9 Å². The summed E-state index contributed by atoms with van der Waals surface area (Å²) in [6.07, 6.45) is -3.50. The second-order valence-corrected chi connectivity index (χ2v) is 13.6. The lowest BCUT2D eigenvalue weighted by Gasteiger charge is -2.33. The molecule has 0 bridgehead atoms. The van der Waals surface area contributed by atoms with Crippen LogP contribution in [0.5, 0.6) is 5.75 Å². The van der Waals surface area contributed by atoms with E-state index in [0.29, 0.717) is 48.6 Å². The van der Waals surface area contributed by atoms with Crippen molar-refractivity contribution in [3.8, 4) is 16.9 Å². The lowest BCUT2D eigenvalue weighted by molar-refractivity contribution is -0.274. The Balaban J connectivity index is 1.23. The van der Waals surface area contributed by atoms with Crippen molar-refractivity contribution in [2.75, 3.05) is 18.1 Å². The van der Waals surface area contributed by atoms with E-state index in [4.69, 9.17) is 4.52 Å². The van der Waals surface area contributed by atoms with E-state index in [0.717, 1.165) is 16.7 Å². The molecule has 1 saturated carbocycles. The number of fused-ring (bicyclic) bond motifs is 1. The number of hydrogen-bond acceptors (Lipinski definition) is 8. The van der Waals surface area contributed by atoms with Crippen LogP contribution in [0, 0.1) is 12.8 Å². The molecular weight excluding hydrogens is 603 g/mol. The highest BCUT2D eigenvalue weighted by molar-refractivity contribution is 7.91. The quantitative estimate of drug-likeness (QED) is 0.402. The molecule has 2 fully saturated rings. The molecule has 3 heterocycles. The highest BCUT2D eigenvalue weighted by atomic mass is 32.2. The molecule has 1 saturated heterocycles. The Labute approximate surface area is 251 Å². The zero-order valence-corrected chi connectivity index (χ0v) is 24.5. The molecular formula is C29H30F3N5O6S. The molecule has 1 aliphatic carbocycles. The van der Waals surface area contributed by atoms with Gasteiger partial charge in [0.2, 0.25) is 11.8 Å². The number of aromatic nitrogens is 2. The number of hydrogen-bond donors (Lipinski definition) is 2. The van der Waals surface area contributed by atoms with Crippen molar-refractivity contribution in [2.24, 2.45) is 5.92 Å². The van der Waals surface area contributed by atoms with E-state index in [1.165, 1.54) is 18.2 Å². The first-order valence-corrected chi connectivity index (χ1v) is 16.0. The number of rotatable bonds is 7. The first kappa shape index (κ1) is 29.9. The molecule has 3 atom stereocenters. The molecule has 44 heavy (non-hydrogen) atoms. The fraction of sp³-hybridized carbons (Fsp3) is 0.448. The van der Waals surface area contributed by atoms with Gasteiger partial charge in [0.15, 0.2) is 15.7 Å². The molecule has 0 radical (unpaired) electrons. The second-order valence-electron chi connectivity index (χ2n) is 11.4. The monoisotopic (exact) mass is 633 g/mol. The van der Waals surface area contributed by atoms with Gasteiger partial charge in [-0.05, 0) is 66.1 Å². The SMILES string of the molecule is Cc1noc([C@H]2C[C@H]2C(=O)NCc2ccc(-c3cccc(OC(F)(F)F)c3)c3c2CN(C(=O)NC2CCS(=O)(=O)C2)CC3)n1. The van der Waals surface area contributed by atoms with Gasteiger partial charge < -0.3 is 24.8 Å². The number of nitrogens with zero attached hydrogens (tertiary/aromatic N) is 3. The molecule has 2 aromatic carbocycles. The summed E-state index contributed by atoms with van der Waals surface area (Å²) in [5, 5.41) is 9.57. The van der Waals surface area contributed by atoms with Gasteiger partial charge in [-0.25, -0.2) is 13.2 Å². The van der Waals surface area contributed by atoms with E-state index >= 15 is 0 Å². The highest BCUT2D eigenvalue weighted by Gasteiger charge is 2.47. The van der Waals surface area contributed by atoms with E-state index < -0.39 is 28.3 Å². The average Bonchev–Trinajstić information content (AvgIpc) is 3.53. The number of carbonyl (C=O) groups is 2. The smallest absolute Gasteiger partial charge is 0.406 e. The predicted molar refractivity (Wildman–Crippen MR) is 150 cm³/mol. The van der Waals surface area contributed by atoms with Crippen LogP contribution >= 0.6 is 0 Å². The van der Waals surface area contributed by atoms with Crippen LogP contribution in [0.1, 0.15) is 47.2 Å². The minimum atomic E-state index is -4.84. The largest absolute Gasteiger partial charge is 0.573 e. The van der Waals surface area contributed by atoms with Crippen LogP contribution in [0.3, 0.4) is 0 Å². The van der Waals surface area contributed by atoms with Crippen molar-refractivity contribution < 1.29 is 40.4 Å². The number of nitrogens with one attached hydrogen (secondary N) is 2. The molecule has 1 aromatic heterocycles. The fourth-order valence-electron chi connectivity index (χ4n) is 5.92. The van der Waals surface area contributed by atoms with Crippen molar-refractivity contribution in [1.29, 1.82) is 0 Å². The number of urea groups is 1. The first-order valence-electron chi connectivity index (χ1n) is 14.2. The minimum Gasteiger partial charge on any atom is -0.406 e. The standard InChI is InChI=1S/C29H30F3N5O6S/c1-16-34-27(43-36-16)24-12-23(24)26(38)33-13-18-5-6-21(17-3-2-4-20(11-17)42-29(30,31)32)22-7-9-37(14-25(18)22)28(39)35-19-8-10-44(40,41)15-19/h2-6,11,19,23-24H,7-10,12-15H2,1H3,(H,33,38)(H,35,39)/t19?,23-,24+/m1/s1. The zero-order valence-electron chi connectivity index (χ0n) is 23.7. The number of ether oxygens (including phenoxy) is 1. The summed E-state index contributed by atoms with van der Waals surface area (Å²) >= 11 is 0. The maximum atomic E-state index is 13.2. The number of aryl methyl sites for hydroxylation is 1. The van der Waals surface area contributed by atoms with Gasteiger partial charge in [-0.1, -0.05) is 29.4 Å². The molecule has 2 aliphatic heterocycles. The van der Waals surface area contributed by atoms with Crippen molar-refractivity contribution >= 4 is 21.8 Å². The van der Waals surface area contributed by atoms with E-state index in [-0.39, 0.29) is 48.1 Å². The summed E-state index contributed by atoms with van der Waals surface area (Å²) in [5.74, 6) is -0.115. The fourth-order valence-corrected chi connectivity index (χ4v) is 7.59. The zero-order chi connectivity index (χ0) is 31.2. The number of carbonyl (C=O) groups excluding carboxylic acids is 2. The van der Waals surface area contributed by atoms with Crippen LogP contribution in [0.25, 0.3) is 11.1 Å². The van der Waals surface area contributed by atoms with Crippen LogP contribution in [0.2, 0.25) is 0 Å². The number of benzene rings is 2. The van der Waals surface area contributed by atoms with Crippen LogP contribution in [0.4, 0.5) is 18.0 Å². The summed E-state index contributed by atoms with van der Waals surface area (Å²) in [7, 11) is -3.18. The third-order valence-corrected chi connectivity index (χ3v) is 9.94. The van der Waals surface area contributed by atoms with Crippen LogP contribution in [0.15, 0.2) is 40.9 Å². The van der Waals surface area contributed by atoms with Gasteiger partial charge in [0, 0.05) is 25.7 Å². The van der Waals surface area contributed by atoms with E-state index in [9.17, 15) is 31.2 Å². The lowest BCUT2D eigenvalue weighted by Crippen LogP contribution is -2.47. The number of sulfone groups is 1. The molecule has 11 nitrogen and oxygen atoms in total. The van der Waals surface area contributed by atoms with Crippen molar-refractivity contribution in [3.63, 3.8) is 0 Å². The molecule has 3 aromatic rings. The topological polar surface area (TPSA) is 144 Å². The summed E-state index contributed by atoms with van der Waals surface area (Å²) in [6.45, 7) is 2.36. The van der Waals surface area contributed by atoms with Gasteiger partial charge in [-0.15, -0.1) is 13.2 Å². The van der Waals surface area contributed by atoms with E-state index in [1.807, 2.05) is 0 Å². The van der Waals surface area contributed by atoms with Gasteiger partial charge in [0.25, 0.3) is 0 Å².